The molecule has 0 saturated carbocycles. The quantitative estimate of drug-likeness (QED) is 0.491. The molecule has 5 nitrogen and oxygen atoms in total. The Morgan fingerprint density at radius 1 is 1.67 bits per heavy atom. The van der Waals surface area contributed by atoms with E-state index < -0.39 is 12.2 Å². The van der Waals surface area contributed by atoms with Crippen molar-refractivity contribution in [2.45, 2.75) is 12.5 Å². The fraction of sp³-hybridized carbons (Fsp3) is 0.857. The zero-order valence-corrected chi connectivity index (χ0v) is 6.81. The summed E-state index contributed by atoms with van der Waals surface area (Å²) in [7, 11) is 0. The highest BCUT2D eigenvalue weighted by molar-refractivity contribution is 5.65. The third kappa shape index (κ3) is 1.86. The van der Waals surface area contributed by atoms with Crippen molar-refractivity contribution in [3.8, 4) is 0 Å². The third-order valence-corrected chi connectivity index (χ3v) is 2.27. The molecule has 5 heteroatoms. The summed E-state index contributed by atoms with van der Waals surface area (Å²) < 4.78 is 0. The van der Waals surface area contributed by atoms with Gasteiger partial charge in [0.15, 0.2) is 0 Å². The molecule has 0 radical (unpaired) electrons. The molecule has 1 amide bonds. The Labute approximate surface area is 70.8 Å². The summed E-state index contributed by atoms with van der Waals surface area (Å²) in [6, 6.07) is 0. The fourth-order valence-electron chi connectivity index (χ4n) is 1.43. The summed E-state index contributed by atoms with van der Waals surface area (Å²) in [4.78, 5) is 11.8. The Bertz CT molecular complexity index is 174. The van der Waals surface area contributed by atoms with Crippen LogP contribution in [0, 0.1) is 5.92 Å². The zero-order chi connectivity index (χ0) is 9.14. The van der Waals surface area contributed by atoms with Crippen LogP contribution in [-0.4, -0.2) is 46.9 Å². The van der Waals surface area contributed by atoms with E-state index in [4.69, 9.17) is 10.8 Å². The highest BCUT2D eigenvalue weighted by Crippen LogP contribution is 2.15. The number of aliphatic hydroxyl groups is 1. The van der Waals surface area contributed by atoms with Crippen LogP contribution in [-0.2, 0) is 0 Å². The van der Waals surface area contributed by atoms with Gasteiger partial charge in [0.2, 0.25) is 0 Å². The molecular formula is C7H14N2O3. The highest BCUT2D eigenvalue weighted by atomic mass is 16.4. The van der Waals surface area contributed by atoms with Crippen LogP contribution < -0.4 is 5.73 Å². The minimum absolute atomic E-state index is 0.102. The first-order chi connectivity index (χ1) is 5.65. The summed E-state index contributed by atoms with van der Waals surface area (Å²) in [5.74, 6) is -0.102. The Kier molecular flexibility index (Phi) is 2.88. The van der Waals surface area contributed by atoms with Gasteiger partial charge in [-0.25, -0.2) is 4.79 Å². The molecule has 1 heterocycles. The minimum atomic E-state index is -0.930. The summed E-state index contributed by atoms with van der Waals surface area (Å²) >= 11 is 0. The maximum absolute atomic E-state index is 10.5. The van der Waals surface area contributed by atoms with Gasteiger partial charge in [0.1, 0.15) is 0 Å². The molecule has 12 heavy (non-hydrogen) atoms. The third-order valence-electron chi connectivity index (χ3n) is 2.27. The number of amides is 1. The largest absolute Gasteiger partial charge is 0.465 e. The lowest BCUT2D eigenvalue weighted by Gasteiger charge is -2.33. The van der Waals surface area contributed by atoms with Gasteiger partial charge in [-0.2, -0.15) is 0 Å². The topological polar surface area (TPSA) is 86.8 Å². The van der Waals surface area contributed by atoms with Crippen LogP contribution in [0.25, 0.3) is 0 Å². The summed E-state index contributed by atoms with van der Waals surface area (Å²) in [5.41, 5.74) is 5.38. The van der Waals surface area contributed by atoms with Crippen molar-refractivity contribution in [1.82, 2.24) is 4.90 Å². The number of carbonyl (C=O) groups is 1. The smallest absolute Gasteiger partial charge is 0.407 e. The lowest BCUT2D eigenvalue weighted by Crippen LogP contribution is -2.47. The number of rotatable bonds is 1. The Morgan fingerprint density at radius 2 is 2.33 bits per heavy atom. The molecule has 0 aromatic rings. The predicted octanol–water partition coefficient (Wildman–Crippen LogP) is -0.694. The minimum Gasteiger partial charge on any atom is -0.465 e. The molecule has 1 aliphatic heterocycles. The molecule has 0 spiro atoms. The van der Waals surface area contributed by atoms with E-state index in [0.29, 0.717) is 26.1 Å². The van der Waals surface area contributed by atoms with E-state index in [0.717, 1.165) is 0 Å². The average molecular weight is 174 g/mol. The van der Waals surface area contributed by atoms with Gasteiger partial charge < -0.3 is 20.8 Å². The van der Waals surface area contributed by atoms with Gasteiger partial charge in [0, 0.05) is 19.0 Å². The molecule has 1 aliphatic rings. The standard InChI is InChI=1S/C7H14N2O3/c8-3-5-4-9(7(11)12)2-1-6(5)10/h5-6,10H,1-4,8H2,(H,11,12). The first-order valence-electron chi connectivity index (χ1n) is 4.01. The summed E-state index contributed by atoms with van der Waals surface area (Å²) in [5, 5.41) is 18.0. The van der Waals surface area contributed by atoms with Crippen molar-refractivity contribution >= 4 is 6.09 Å². The van der Waals surface area contributed by atoms with E-state index in [9.17, 15) is 9.90 Å². The average Bonchev–Trinajstić information content (AvgIpc) is 2.05. The lowest BCUT2D eigenvalue weighted by atomic mass is 9.95. The molecule has 4 N–H and O–H groups in total. The van der Waals surface area contributed by atoms with Crippen molar-refractivity contribution in [3.63, 3.8) is 0 Å². The second-order valence-corrected chi connectivity index (χ2v) is 3.08. The Balaban J connectivity index is 2.49. The highest BCUT2D eigenvalue weighted by Gasteiger charge is 2.28. The predicted molar refractivity (Wildman–Crippen MR) is 42.8 cm³/mol. The number of piperidine rings is 1. The van der Waals surface area contributed by atoms with Gasteiger partial charge in [-0.1, -0.05) is 0 Å². The Hall–Kier alpha value is -0.810. The molecule has 0 aliphatic carbocycles. The second kappa shape index (κ2) is 3.73. The van der Waals surface area contributed by atoms with Gasteiger partial charge >= 0.3 is 6.09 Å². The van der Waals surface area contributed by atoms with Gasteiger partial charge in [-0.05, 0) is 13.0 Å². The monoisotopic (exact) mass is 174 g/mol. The number of aliphatic hydroxyl groups excluding tert-OH is 1. The molecule has 2 atom stereocenters. The molecular weight excluding hydrogens is 160 g/mol. The molecule has 1 saturated heterocycles. The fourth-order valence-corrected chi connectivity index (χ4v) is 1.43. The van der Waals surface area contributed by atoms with Crippen LogP contribution >= 0.6 is 0 Å². The second-order valence-electron chi connectivity index (χ2n) is 3.08. The van der Waals surface area contributed by atoms with E-state index in [2.05, 4.69) is 0 Å². The normalized spacial score (nSPS) is 30.3. The van der Waals surface area contributed by atoms with Crippen molar-refractivity contribution in [2.24, 2.45) is 11.7 Å². The first-order valence-corrected chi connectivity index (χ1v) is 4.01. The number of nitrogens with two attached hydrogens (primary N) is 1. The number of hydrogen-bond donors (Lipinski definition) is 3. The van der Waals surface area contributed by atoms with E-state index >= 15 is 0 Å². The molecule has 1 rings (SSSR count). The maximum atomic E-state index is 10.5. The van der Waals surface area contributed by atoms with Crippen LogP contribution in [0.1, 0.15) is 6.42 Å². The van der Waals surface area contributed by atoms with Crippen LogP contribution in [0.5, 0.6) is 0 Å². The number of hydrogen-bond acceptors (Lipinski definition) is 3. The number of carboxylic acid groups (broad SMARTS) is 1. The number of likely N-dealkylation sites (tertiary alicyclic amines) is 1. The van der Waals surface area contributed by atoms with E-state index in [1.807, 2.05) is 0 Å². The van der Waals surface area contributed by atoms with Crippen molar-refractivity contribution < 1.29 is 15.0 Å². The van der Waals surface area contributed by atoms with Gasteiger partial charge in [-0.3, -0.25) is 0 Å². The summed E-state index contributed by atoms with van der Waals surface area (Å²) in [6.45, 7) is 1.10. The van der Waals surface area contributed by atoms with Gasteiger partial charge in [-0.15, -0.1) is 0 Å². The van der Waals surface area contributed by atoms with E-state index in [1.54, 1.807) is 0 Å². The van der Waals surface area contributed by atoms with Crippen LogP contribution in [0.4, 0.5) is 4.79 Å². The SMILES string of the molecule is NCC1CN(C(=O)O)CCC1O. The maximum Gasteiger partial charge on any atom is 0.407 e. The molecule has 0 bridgehead atoms. The zero-order valence-electron chi connectivity index (χ0n) is 6.81. The van der Waals surface area contributed by atoms with Crippen molar-refractivity contribution in [3.05, 3.63) is 0 Å². The number of nitrogens with zero attached hydrogens (tertiary/aromatic N) is 1. The molecule has 1 fully saturated rings. The lowest BCUT2D eigenvalue weighted by molar-refractivity contribution is 0.0332. The molecule has 2 unspecified atom stereocenters. The molecule has 0 aromatic heterocycles. The first kappa shape index (κ1) is 9.28. The van der Waals surface area contributed by atoms with Crippen molar-refractivity contribution in [2.75, 3.05) is 19.6 Å². The van der Waals surface area contributed by atoms with Crippen molar-refractivity contribution in [1.29, 1.82) is 0 Å². The Morgan fingerprint density at radius 3 is 2.83 bits per heavy atom. The van der Waals surface area contributed by atoms with Gasteiger partial charge in [0.05, 0.1) is 6.10 Å². The van der Waals surface area contributed by atoms with E-state index in [1.165, 1.54) is 4.90 Å². The molecule has 0 aromatic carbocycles. The van der Waals surface area contributed by atoms with E-state index in [-0.39, 0.29) is 5.92 Å². The van der Waals surface area contributed by atoms with Crippen LogP contribution in [0.2, 0.25) is 0 Å². The summed E-state index contributed by atoms with van der Waals surface area (Å²) in [6.07, 6.45) is -0.875. The van der Waals surface area contributed by atoms with Gasteiger partial charge in [0.25, 0.3) is 0 Å². The van der Waals surface area contributed by atoms with Crippen LogP contribution in [0.3, 0.4) is 0 Å². The molecule has 70 valence electrons. The van der Waals surface area contributed by atoms with Crippen LogP contribution in [0.15, 0.2) is 0 Å².